The summed E-state index contributed by atoms with van der Waals surface area (Å²) in [5.74, 6) is -0.370. The number of rotatable bonds is 2. The van der Waals surface area contributed by atoms with Gasteiger partial charge in [-0.05, 0) is 36.6 Å². The lowest BCUT2D eigenvalue weighted by atomic mass is 9.98. The second kappa shape index (κ2) is 4.95. The smallest absolute Gasteiger partial charge is 0.243 e. The second-order valence-corrected chi connectivity index (χ2v) is 6.59. The van der Waals surface area contributed by atoms with Crippen molar-refractivity contribution in [1.82, 2.24) is 4.31 Å². The molecule has 2 unspecified atom stereocenters. The lowest BCUT2D eigenvalue weighted by Crippen LogP contribution is -2.45. The molecule has 1 aliphatic rings. The van der Waals surface area contributed by atoms with Gasteiger partial charge in [0.2, 0.25) is 10.0 Å². The Kier molecular flexibility index (Phi) is 3.70. The largest absolute Gasteiger partial charge is 0.391 e. The lowest BCUT2D eigenvalue weighted by Gasteiger charge is -2.33. The highest BCUT2D eigenvalue weighted by atomic mass is 32.2. The number of piperidine rings is 1. The van der Waals surface area contributed by atoms with E-state index in [4.69, 9.17) is 0 Å². The maximum absolute atomic E-state index is 12.8. The van der Waals surface area contributed by atoms with Crippen molar-refractivity contribution >= 4 is 10.0 Å². The van der Waals surface area contributed by atoms with Crippen LogP contribution in [0, 0.1) is 11.7 Å². The van der Waals surface area contributed by atoms with Gasteiger partial charge in [0.05, 0.1) is 11.0 Å². The normalized spacial score (nSPS) is 26.2. The molecule has 1 aromatic carbocycles. The van der Waals surface area contributed by atoms with Crippen LogP contribution in [-0.2, 0) is 10.0 Å². The first kappa shape index (κ1) is 13.5. The fraction of sp³-hybridized carbons (Fsp3) is 0.500. The van der Waals surface area contributed by atoms with Crippen molar-refractivity contribution in [3.05, 3.63) is 30.1 Å². The van der Waals surface area contributed by atoms with E-state index < -0.39 is 21.9 Å². The van der Waals surface area contributed by atoms with Gasteiger partial charge in [-0.2, -0.15) is 4.31 Å². The molecule has 18 heavy (non-hydrogen) atoms. The van der Waals surface area contributed by atoms with Gasteiger partial charge in [-0.15, -0.1) is 0 Å². The summed E-state index contributed by atoms with van der Waals surface area (Å²) < 4.78 is 38.5. The molecule has 0 aromatic heterocycles. The van der Waals surface area contributed by atoms with E-state index in [9.17, 15) is 17.9 Å². The molecule has 1 N–H and O–H groups in total. The molecule has 6 heteroatoms. The minimum atomic E-state index is -3.63. The van der Waals surface area contributed by atoms with Crippen LogP contribution in [0.15, 0.2) is 29.2 Å². The van der Waals surface area contributed by atoms with Gasteiger partial charge in [-0.1, -0.05) is 6.92 Å². The van der Waals surface area contributed by atoms with Gasteiger partial charge in [0.15, 0.2) is 0 Å². The molecule has 4 nitrogen and oxygen atoms in total. The fourth-order valence-electron chi connectivity index (χ4n) is 1.99. The van der Waals surface area contributed by atoms with E-state index in [1.165, 1.54) is 16.4 Å². The molecule has 0 saturated carbocycles. The molecule has 0 bridgehead atoms. The maximum atomic E-state index is 12.8. The van der Waals surface area contributed by atoms with Gasteiger partial charge in [0.1, 0.15) is 5.82 Å². The van der Waals surface area contributed by atoms with Gasteiger partial charge < -0.3 is 5.11 Å². The quantitative estimate of drug-likeness (QED) is 0.881. The minimum Gasteiger partial charge on any atom is -0.391 e. The number of β-amino-alcohol motifs (C(OH)–C–C–N with tert-alkyl or cyclic N) is 1. The predicted octanol–water partition coefficient (Wildman–Crippen LogP) is 1.22. The Bertz CT molecular complexity index is 515. The zero-order valence-corrected chi connectivity index (χ0v) is 10.9. The lowest BCUT2D eigenvalue weighted by molar-refractivity contribution is 0.0605. The van der Waals surface area contributed by atoms with E-state index in [-0.39, 0.29) is 17.4 Å². The van der Waals surface area contributed by atoms with Crippen LogP contribution in [0.3, 0.4) is 0 Å². The van der Waals surface area contributed by atoms with Crippen LogP contribution in [0.25, 0.3) is 0 Å². The average molecular weight is 273 g/mol. The van der Waals surface area contributed by atoms with Crippen LogP contribution in [0.5, 0.6) is 0 Å². The summed E-state index contributed by atoms with van der Waals surface area (Å²) >= 11 is 0. The maximum Gasteiger partial charge on any atom is 0.243 e. The minimum absolute atomic E-state index is 0.0608. The van der Waals surface area contributed by atoms with Crippen LogP contribution in [-0.4, -0.2) is 37.0 Å². The highest BCUT2D eigenvalue weighted by molar-refractivity contribution is 7.89. The Morgan fingerprint density at radius 3 is 2.50 bits per heavy atom. The highest BCUT2D eigenvalue weighted by Gasteiger charge is 2.32. The number of hydrogen-bond acceptors (Lipinski definition) is 3. The van der Waals surface area contributed by atoms with Gasteiger partial charge >= 0.3 is 0 Å². The first-order chi connectivity index (χ1) is 8.41. The topological polar surface area (TPSA) is 57.6 Å². The van der Waals surface area contributed by atoms with Crippen molar-refractivity contribution < 1.29 is 17.9 Å². The van der Waals surface area contributed by atoms with E-state index in [0.29, 0.717) is 13.0 Å². The molecule has 0 aliphatic carbocycles. The molecule has 2 atom stereocenters. The monoisotopic (exact) mass is 273 g/mol. The third kappa shape index (κ3) is 2.55. The number of hydrogen-bond donors (Lipinski definition) is 1. The Morgan fingerprint density at radius 1 is 1.33 bits per heavy atom. The molecular formula is C12H16FNO3S. The molecule has 0 radical (unpaired) electrons. The van der Waals surface area contributed by atoms with Crippen molar-refractivity contribution in [1.29, 1.82) is 0 Å². The van der Waals surface area contributed by atoms with E-state index >= 15 is 0 Å². The van der Waals surface area contributed by atoms with E-state index in [1.807, 2.05) is 6.92 Å². The summed E-state index contributed by atoms with van der Waals surface area (Å²) in [4.78, 5) is 0.0608. The molecule has 0 spiro atoms. The molecule has 1 fully saturated rings. The predicted molar refractivity (Wildman–Crippen MR) is 64.9 cm³/mol. The zero-order chi connectivity index (χ0) is 13.3. The molecule has 1 heterocycles. The fourth-order valence-corrected chi connectivity index (χ4v) is 3.47. The van der Waals surface area contributed by atoms with Crippen LogP contribution in [0.4, 0.5) is 4.39 Å². The number of aliphatic hydroxyl groups is 1. The Hall–Kier alpha value is -0.980. The van der Waals surface area contributed by atoms with Crippen LogP contribution in [0.2, 0.25) is 0 Å². The summed E-state index contributed by atoms with van der Waals surface area (Å²) in [7, 11) is -3.63. The van der Waals surface area contributed by atoms with E-state index in [1.54, 1.807) is 0 Å². The standard InChI is InChI=1S/C12H16FNO3S/c1-9-6-7-14(8-12(9)15)18(16,17)11-4-2-10(13)3-5-11/h2-5,9,12,15H,6-8H2,1H3. The third-order valence-electron chi connectivity index (χ3n) is 3.33. The highest BCUT2D eigenvalue weighted by Crippen LogP contribution is 2.23. The van der Waals surface area contributed by atoms with Crippen molar-refractivity contribution in [2.45, 2.75) is 24.3 Å². The summed E-state index contributed by atoms with van der Waals surface area (Å²) in [6.45, 7) is 2.38. The van der Waals surface area contributed by atoms with Crippen LogP contribution in [0.1, 0.15) is 13.3 Å². The number of aliphatic hydroxyl groups excluding tert-OH is 1. The van der Waals surface area contributed by atoms with Crippen LogP contribution >= 0.6 is 0 Å². The van der Waals surface area contributed by atoms with E-state index in [2.05, 4.69) is 0 Å². The number of benzene rings is 1. The number of halogens is 1. The zero-order valence-electron chi connectivity index (χ0n) is 10.1. The number of sulfonamides is 1. The van der Waals surface area contributed by atoms with Crippen molar-refractivity contribution in [2.24, 2.45) is 5.92 Å². The Labute approximate surface area is 106 Å². The molecule has 1 saturated heterocycles. The molecule has 1 aromatic rings. The average Bonchev–Trinajstić information content (AvgIpc) is 2.33. The third-order valence-corrected chi connectivity index (χ3v) is 5.21. The van der Waals surface area contributed by atoms with Crippen molar-refractivity contribution in [3.63, 3.8) is 0 Å². The summed E-state index contributed by atoms with van der Waals surface area (Å²) in [5.41, 5.74) is 0. The summed E-state index contributed by atoms with van der Waals surface area (Å²) in [5, 5.41) is 9.74. The molecule has 100 valence electrons. The Morgan fingerprint density at radius 2 is 1.94 bits per heavy atom. The molecule has 1 aliphatic heterocycles. The first-order valence-electron chi connectivity index (χ1n) is 5.85. The SMILES string of the molecule is CC1CCN(S(=O)(=O)c2ccc(F)cc2)CC1O. The second-order valence-electron chi connectivity index (χ2n) is 4.65. The summed E-state index contributed by atoms with van der Waals surface area (Å²) in [6, 6.07) is 4.73. The molecular weight excluding hydrogens is 257 g/mol. The van der Waals surface area contributed by atoms with Crippen molar-refractivity contribution in [2.75, 3.05) is 13.1 Å². The number of nitrogens with zero attached hydrogens (tertiary/aromatic N) is 1. The van der Waals surface area contributed by atoms with Gasteiger partial charge in [0, 0.05) is 13.1 Å². The van der Waals surface area contributed by atoms with Gasteiger partial charge in [0.25, 0.3) is 0 Å². The molecule has 2 rings (SSSR count). The Balaban J connectivity index is 2.24. The van der Waals surface area contributed by atoms with E-state index in [0.717, 1.165) is 12.1 Å². The summed E-state index contributed by atoms with van der Waals surface area (Å²) in [6.07, 6.45) is -0.0179. The van der Waals surface area contributed by atoms with Gasteiger partial charge in [-0.3, -0.25) is 0 Å². The van der Waals surface area contributed by atoms with Crippen molar-refractivity contribution in [3.8, 4) is 0 Å². The van der Waals surface area contributed by atoms with Crippen LogP contribution < -0.4 is 0 Å². The first-order valence-corrected chi connectivity index (χ1v) is 7.29. The molecule has 0 amide bonds. The van der Waals surface area contributed by atoms with Gasteiger partial charge in [-0.25, -0.2) is 12.8 Å².